The number of carbonyl (C=O) groups is 1. The molecule has 0 fully saturated rings. The lowest BCUT2D eigenvalue weighted by molar-refractivity contribution is -0.147. The molecule has 1 rings (SSSR count). The van der Waals surface area contributed by atoms with Gasteiger partial charge in [0.05, 0.1) is 18.3 Å². The zero-order valence-corrected chi connectivity index (χ0v) is 17.4. The molecule has 0 heterocycles. The quantitative estimate of drug-likeness (QED) is 0.574. The minimum absolute atomic E-state index is 0.225. The van der Waals surface area contributed by atoms with Crippen LogP contribution in [0.1, 0.15) is 73.6 Å². The van der Waals surface area contributed by atoms with Crippen LogP contribution in [0, 0.1) is 17.3 Å². The van der Waals surface area contributed by atoms with Gasteiger partial charge in [0, 0.05) is 12.3 Å². The van der Waals surface area contributed by atoms with Gasteiger partial charge in [0.1, 0.15) is 0 Å². The van der Waals surface area contributed by atoms with Crippen molar-refractivity contribution in [1.29, 1.82) is 0 Å². The van der Waals surface area contributed by atoms with Gasteiger partial charge < -0.3 is 14.9 Å². The summed E-state index contributed by atoms with van der Waals surface area (Å²) >= 11 is 0. The second kappa shape index (κ2) is 9.70. The van der Waals surface area contributed by atoms with Crippen LogP contribution in [0.25, 0.3) is 0 Å². The van der Waals surface area contributed by atoms with Crippen molar-refractivity contribution in [3.63, 3.8) is 0 Å². The Morgan fingerprint density at radius 3 is 2.58 bits per heavy atom. The average molecular weight is 367 g/mol. The Kier molecular flexibility index (Phi) is 8.55. The normalized spacial score (nSPS) is 37.7. The first-order valence-electron chi connectivity index (χ1n) is 9.84. The maximum Gasteiger partial charge on any atom is 0.302 e. The van der Waals surface area contributed by atoms with Crippen molar-refractivity contribution in [3.05, 3.63) is 23.8 Å². The minimum atomic E-state index is -0.822. The van der Waals surface area contributed by atoms with Crippen molar-refractivity contribution < 1.29 is 19.7 Å². The van der Waals surface area contributed by atoms with E-state index in [0.29, 0.717) is 24.7 Å². The predicted octanol–water partition coefficient (Wildman–Crippen LogP) is 4.41. The third-order valence-corrected chi connectivity index (χ3v) is 5.68. The molecule has 4 nitrogen and oxygen atoms in total. The van der Waals surface area contributed by atoms with Gasteiger partial charge in [-0.15, -0.1) is 0 Å². The molecule has 0 saturated carbocycles. The largest absolute Gasteiger partial charge is 0.465 e. The van der Waals surface area contributed by atoms with Crippen LogP contribution in [0.4, 0.5) is 0 Å². The number of rotatable bonds is 3. The van der Waals surface area contributed by atoms with Gasteiger partial charge in [-0.25, -0.2) is 0 Å². The summed E-state index contributed by atoms with van der Waals surface area (Å²) in [6, 6.07) is 0. The molecule has 4 heteroatoms. The second-order valence-corrected chi connectivity index (χ2v) is 8.91. The molecule has 0 radical (unpaired) electrons. The van der Waals surface area contributed by atoms with E-state index in [9.17, 15) is 15.0 Å². The Bertz CT molecular complexity index is 518. The van der Waals surface area contributed by atoms with Gasteiger partial charge in [-0.2, -0.15) is 0 Å². The topological polar surface area (TPSA) is 66.8 Å². The van der Waals surface area contributed by atoms with E-state index < -0.39 is 17.1 Å². The molecular formula is C22H38O4. The van der Waals surface area contributed by atoms with Crippen LogP contribution in [-0.2, 0) is 9.53 Å². The van der Waals surface area contributed by atoms with Crippen molar-refractivity contribution in [2.75, 3.05) is 6.61 Å². The van der Waals surface area contributed by atoms with Crippen molar-refractivity contribution >= 4 is 5.97 Å². The molecule has 26 heavy (non-hydrogen) atoms. The first-order chi connectivity index (χ1) is 11.9. The zero-order chi connectivity index (χ0) is 20.0. The van der Waals surface area contributed by atoms with Gasteiger partial charge in [-0.05, 0) is 57.8 Å². The van der Waals surface area contributed by atoms with Crippen LogP contribution in [0.3, 0.4) is 0 Å². The van der Waals surface area contributed by atoms with Crippen LogP contribution in [0.2, 0.25) is 0 Å². The van der Waals surface area contributed by atoms with Gasteiger partial charge in [-0.3, -0.25) is 4.79 Å². The number of allylic oxidation sites excluding steroid dienone is 2. The fourth-order valence-electron chi connectivity index (χ4n) is 3.41. The molecule has 2 N–H and O–H groups in total. The Morgan fingerprint density at radius 1 is 1.35 bits per heavy atom. The van der Waals surface area contributed by atoms with Crippen molar-refractivity contribution in [2.45, 2.75) is 85.4 Å². The first-order valence-corrected chi connectivity index (χ1v) is 9.84. The zero-order valence-electron chi connectivity index (χ0n) is 17.4. The number of aliphatic hydroxyl groups excluding tert-OH is 1. The van der Waals surface area contributed by atoms with Crippen LogP contribution >= 0.6 is 0 Å². The van der Waals surface area contributed by atoms with Gasteiger partial charge >= 0.3 is 5.97 Å². The molecule has 0 unspecified atom stereocenters. The fraction of sp³-hybridized carbons (Fsp3) is 0.773. The summed E-state index contributed by atoms with van der Waals surface area (Å²) in [5.74, 6) is 0.423. The van der Waals surface area contributed by atoms with Gasteiger partial charge in [-0.1, -0.05) is 44.6 Å². The summed E-state index contributed by atoms with van der Waals surface area (Å²) in [7, 11) is 0. The lowest BCUT2D eigenvalue weighted by atomic mass is 9.75. The first kappa shape index (κ1) is 22.9. The standard InChI is InChI=1S/C22H38O4/c1-16(2)19-9-12-21(5,15-26-18(4)23)20(24)14-17(3)8-7-11-22(6,25)13-10-19/h8,10,13,16,19-20,24-25H,7,9,11-12,14-15H2,1-6H3/b13-10+,17-8+/t19-,20-,21-,22-/m1/s1. The molecule has 0 aliphatic heterocycles. The summed E-state index contributed by atoms with van der Waals surface area (Å²) in [6.07, 6.45) is 9.18. The van der Waals surface area contributed by atoms with E-state index >= 15 is 0 Å². The van der Waals surface area contributed by atoms with Gasteiger partial charge in [0.15, 0.2) is 0 Å². The number of hydrogen-bond donors (Lipinski definition) is 2. The molecule has 0 aromatic rings. The SMILES string of the molecule is CC(=O)OC[C@@]1(C)CC[C@@H](C(C)C)/C=C/[C@](C)(O)CC/C=C(\C)C[C@H]1O. The van der Waals surface area contributed by atoms with E-state index in [4.69, 9.17) is 4.74 Å². The molecule has 1 aliphatic rings. The van der Waals surface area contributed by atoms with Crippen LogP contribution in [0.5, 0.6) is 0 Å². The van der Waals surface area contributed by atoms with Crippen molar-refractivity contribution in [3.8, 4) is 0 Å². The van der Waals surface area contributed by atoms with Crippen molar-refractivity contribution in [2.24, 2.45) is 17.3 Å². The van der Waals surface area contributed by atoms with Gasteiger partial charge in [0.25, 0.3) is 0 Å². The Labute approximate surface area is 159 Å². The molecule has 1 aliphatic carbocycles. The molecule has 0 spiro atoms. The molecule has 0 bridgehead atoms. The van der Waals surface area contributed by atoms with E-state index in [1.165, 1.54) is 6.92 Å². The highest BCUT2D eigenvalue weighted by Gasteiger charge is 2.35. The maximum absolute atomic E-state index is 11.3. The predicted molar refractivity (Wildman–Crippen MR) is 106 cm³/mol. The lowest BCUT2D eigenvalue weighted by Gasteiger charge is -2.35. The third kappa shape index (κ3) is 7.63. The van der Waals surface area contributed by atoms with E-state index in [-0.39, 0.29) is 12.6 Å². The highest BCUT2D eigenvalue weighted by molar-refractivity contribution is 5.65. The molecule has 0 saturated heterocycles. The van der Waals surface area contributed by atoms with Crippen LogP contribution < -0.4 is 0 Å². The average Bonchev–Trinajstić information content (AvgIpc) is 2.51. The number of aliphatic hydroxyl groups is 2. The highest BCUT2D eigenvalue weighted by Crippen LogP contribution is 2.36. The van der Waals surface area contributed by atoms with E-state index in [2.05, 4.69) is 26.0 Å². The molecule has 150 valence electrons. The monoisotopic (exact) mass is 366 g/mol. The molecular weight excluding hydrogens is 328 g/mol. The molecule has 0 amide bonds. The van der Waals surface area contributed by atoms with Gasteiger partial charge in [0.2, 0.25) is 0 Å². The molecule has 4 atom stereocenters. The maximum atomic E-state index is 11.3. The minimum Gasteiger partial charge on any atom is -0.465 e. The lowest BCUT2D eigenvalue weighted by Crippen LogP contribution is -2.38. The summed E-state index contributed by atoms with van der Waals surface area (Å²) in [4.78, 5) is 11.3. The van der Waals surface area contributed by atoms with E-state index in [0.717, 1.165) is 24.8 Å². The summed E-state index contributed by atoms with van der Waals surface area (Å²) in [6.45, 7) is 11.8. The number of carbonyl (C=O) groups excluding carboxylic acids is 1. The summed E-state index contributed by atoms with van der Waals surface area (Å²) in [5.41, 5.74) is -0.207. The smallest absolute Gasteiger partial charge is 0.302 e. The molecule has 0 aromatic carbocycles. The van der Waals surface area contributed by atoms with E-state index in [1.807, 2.05) is 26.8 Å². The Hall–Kier alpha value is -1.13. The fourth-order valence-corrected chi connectivity index (χ4v) is 3.41. The number of ether oxygens (including phenoxy) is 1. The Balaban J connectivity index is 3.11. The van der Waals surface area contributed by atoms with E-state index in [1.54, 1.807) is 0 Å². The van der Waals surface area contributed by atoms with Crippen molar-refractivity contribution in [1.82, 2.24) is 0 Å². The summed E-state index contributed by atoms with van der Waals surface area (Å²) < 4.78 is 5.29. The highest BCUT2D eigenvalue weighted by atomic mass is 16.5. The number of esters is 1. The third-order valence-electron chi connectivity index (χ3n) is 5.68. The number of hydrogen-bond acceptors (Lipinski definition) is 4. The molecule has 0 aromatic heterocycles. The summed E-state index contributed by atoms with van der Waals surface area (Å²) in [5, 5.41) is 21.5. The second-order valence-electron chi connectivity index (χ2n) is 8.91. The van der Waals surface area contributed by atoms with Crippen LogP contribution in [-0.4, -0.2) is 34.5 Å². The van der Waals surface area contributed by atoms with Crippen LogP contribution in [0.15, 0.2) is 23.8 Å². The Morgan fingerprint density at radius 2 is 2.00 bits per heavy atom.